The average molecular weight is 361 g/mol. The van der Waals surface area contributed by atoms with E-state index in [1.807, 2.05) is 36.4 Å². The zero-order chi connectivity index (χ0) is 19.2. The van der Waals surface area contributed by atoms with E-state index in [9.17, 15) is 4.79 Å². The van der Waals surface area contributed by atoms with E-state index in [0.29, 0.717) is 12.2 Å². The summed E-state index contributed by atoms with van der Waals surface area (Å²) in [5.41, 5.74) is 5.52. The van der Waals surface area contributed by atoms with Gasteiger partial charge in [0.25, 0.3) is 5.91 Å². The molecule has 0 aliphatic carbocycles. The number of ether oxygens (including phenoxy) is 1. The number of benzene rings is 2. The molecule has 1 heterocycles. The molecule has 5 heteroatoms. The summed E-state index contributed by atoms with van der Waals surface area (Å²) in [6.07, 6.45) is 1.67. The van der Waals surface area contributed by atoms with E-state index in [1.54, 1.807) is 19.4 Å². The first kappa shape index (κ1) is 18.5. The molecule has 2 N–H and O–H groups in total. The van der Waals surface area contributed by atoms with Gasteiger partial charge in [-0.1, -0.05) is 36.4 Å². The number of pyridine rings is 1. The number of hydrogen-bond donors (Lipinski definition) is 2. The van der Waals surface area contributed by atoms with Gasteiger partial charge < -0.3 is 15.4 Å². The molecule has 3 aromatic rings. The van der Waals surface area contributed by atoms with E-state index < -0.39 is 0 Å². The summed E-state index contributed by atoms with van der Waals surface area (Å²) >= 11 is 0. The van der Waals surface area contributed by atoms with Gasteiger partial charge in [0.15, 0.2) is 0 Å². The van der Waals surface area contributed by atoms with Crippen molar-refractivity contribution in [3.63, 3.8) is 0 Å². The lowest BCUT2D eigenvalue weighted by molar-refractivity contribution is 0.0945. The quantitative estimate of drug-likeness (QED) is 0.684. The van der Waals surface area contributed by atoms with Crippen molar-refractivity contribution >= 4 is 17.3 Å². The van der Waals surface area contributed by atoms with Gasteiger partial charge in [0.2, 0.25) is 0 Å². The zero-order valence-electron chi connectivity index (χ0n) is 15.7. The van der Waals surface area contributed by atoms with Gasteiger partial charge in [0, 0.05) is 17.8 Å². The van der Waals surface area contributed by atoms with Crippen LogP contribution in [0.1, 0.15) is 27.2 Å². The average Bonchev–Trinajstić information content (AvgIpc) is 2.69. The molecule has 0 aliphatic heterocycles. The summed E-state index contributed by atoms with van der Waals surface area (Å²) in [6, 6.07) is 17.3. The molecule has 3 rings (SSSR count). The Morgan fingerprint density at radius 2 is 1.74 bits per heavy atom. The fourth-order valence-corrected chi connectivity index (χ4v) is 2.87. The van der Waals surface area contributed by atoms with Crippen LogP contribution in [0.3, 0.4) is 0 Å². The smallest absolute Gasteiger partial charge is 0.270 e. The summed E-state index contributed by atoms with van der Waals surface area (Å²) in [7, 11) is 1.62. The third kappa shape index (κ3) is 4.44. The van der Waals surface area contributed by atoms with Crippen molar-refractivity contribution in [2.75, 3.05) is 12.4 Å². The number of amides is 1. The molecule has 0 bridgehead atoms. The number of aromatic nitrogens is 1. The first-order valence-electron chi connectivity index (χ1n) is 8.78. The van der Waals surface area contributed by atoms with Crippen molar-refractivity contribution in [2.45, 2.75) is 20.4 Å². The van der Waals surface area contributed by atoms with Gasteiger partial charge in [-0.15, -0.1) is 0 Å². The molecule has 0 spiro atoms. The van der Waals surface area contributed by atoms with Crippen LogP contribution in [0.15, 0.2) is 60.8 Å². The second-order valence-corrected chi connectivity index (χ2v) is 6.32. The number of methoxy groups -OCH3 is 1. The van der Waals surface area contributed by atoms with Gasteiger partial charge >= 0.3 is 0 Å². The number of aryl methyl sites for hydroxylation is 2. The Morgan fingerprint density at radius 3 is 2.41 bits per heavy atom. The van der Waals surface area contributed by atoms with Crippen molar-refractivity contribution in [3.8, 4) is 5.75 Å². The molecule has 0 aliphatic rings. The van der Waals surface area contributed by atoms with Crippen LogP contribution in [-0.4, -0.2) is 18.0 Å². The fraction of sp³-hybridized carbons (Fsp3) is 0.182. The van der Waals surface area contributed by atoms with Crippen LogP contribution in [0.5, 0.6) is 5.75 Å². The summed E-state index contributed by atoms with van der Waals surface area (Å²) in [6.45, 7) is 4.50. The Labute approximate surface area is 159 Å². The van der Waals surface area contributed by atoms with Crippen LogP contribution >= 0.6 is 0 Å². The van der Waals surface area contributed by atoms with E-state index in [4.69, 9.17) is 4.74 Å². The Bertz CT molecular complexity index is 916. The predicted octanol–water partition coefficient (Wildman–Crippen LogP) is 4.38. The number of nitrogens with zero attached hydrogens (tertiary/aromatic N) is 1. The van der Waals surface area contributed by atoms with Crippen LogP contribution in [-0.2, 0) is 6.54 Å². The molecule has 2 aromatic carbocycles. The van der Waals surface area contributed by atoms with Crippen LogP contribution in [0.25, 0.3) is 0 Å². The fourth-order valence-electron chi connectivity index (χ4n) is 2.87. The number of carbonyl (C=O) groups excluding carboxylic acids is 1. The first-order valence-corrected chi connectivity index (χ1v) is 8.78. The molecule has 138 valence electrons. The first-order chi connectivity index (χ1) is 13.1. The van der Waals surface area contributed by atoms with Gasteiger partial charge in [-0.3, -0.25) is 4.79 Å². The lowest BCUT2D eigenvalue weighted by Gasteiger charge is -2.13. The largest absolute Gasteiger partial charge is 0.496 e. The molecule has 0 atom stereocenters. The normalized spacial score (nSPS) is 10.3. The van der Waals surface area contributed by atoms with E-state index in [2.05, 4.69) is 41.6 Å². The van der Waals surface area contributed by atoms with Crippen molar-refractivity contribution in [1.29, 1.82) is 0 Å². The van der Waals surface area contributed by atoms with E-state index in [-0.39, 0.29) is 5.91 Å². The van der Waals surface area contributed by atoms with Crippen molar-refractivity contribution in [2.24, 2.45) is 0 Å². The van der Waals surface area contributed by atoms with Gasteiger partial charge in [0.05, 0.1) is 19.0 Å². The summed E-state index contributed by atoms with van der Waals surface area (Å²) in [5.74, 6) is 0.526. The third-order valence-electron chi connectivity index (χ3n) is 4.38. The summed E-state index contributed by atoms with van der Waals surface area (Å²) in [5, 5.41) is 6.24. The van der Waals surface area contributed by atoms with Crippen molar-refractivity contribution in [3.05, 3.63) is 83.2 Å². The van der Waals surface area contributed by atoms with Gasteiger partial charge in [-0.05, 0) is 43.2 Å². The Morgan fingerprint density at radius 1 is 1.00 bits per heavy atom. The van der Waals surface area contributed by atoms with Crippen LogP contribution < -0.4 is 15.4 Å². The van der Waals surface area contributed by atoms with E-state index >= 15 is 0 Å². The molecule has 27 heavy (non-hydrogen) atoms. The zero-order valence-corrected chi connectivity index (χ0v) is 15.7. The van der Waals surface area contributed by atoms with Crippen LogP contribution in [0, 0.1) is 13.8 Å². The second kappa shape index (κ2) is 8.36. The molecular weight excluding hydrogens is 338 g/mol. The number of carbonyl (C=O) groups is 1. The molecule has 0 saturated carbocycles. The SMILES string of the molecule is COc1ccccc1CNC(=O)c1ccc(Nc2c(C)cccc2C)cn1. The monoisotopic (exact) mass is 361 g/mol. The van der Waals surface area contributed by atoms with Crippen molar-refractivity contribution < 1.29 is 9.53 Å². The minimum atomic E-state index is -0.223. The highest BCUT2D eigenvalue weighted by Gasteiger charge is 2.09. The van der Waals surface area contributed by atoms with Gasteiger partial charge in [-0.25, -0.2) is 4.98 Å². The van der Waals surface area contributed by atoms with E-state index in [0.717, 1.165) is 33.8 Å². The van der Waals surface area contributed by atoms with E-state index in [1.165, 1.54) is 0 Å². The van der Waals surface area contributed by atoms with Crippen LogP contribution in [0.4, 0.5) is 11.4 Å². The number of nitrogens with one attached hydrogen (secondary N) is 2. The molecular formula is C22H23N3O2. The summed E-state index contributed by atoms with van der Waals surface area (Å²) in [4.78, 5) is 16.6. The minimum absolute atomic E-state index is 0.223. The highest BCUT2D eigenvalue weighted by atomic mass is 16.5. The topological polar surface area (TPSA) is 63.2 Å². The third-order valence-corrected chi connectivity index (χ3v) is 4.38. The maximum Gasteiger partial charge on any atom is 0.270 e. The molecule has 1 aromatic heterocycles. The maximum absolute atomic E-state index is 12.4. The summed E-state index contributed by atoms with van der Waals surface area (Å²) < 4.78 is 5.30. The molecule has 0 saturated heterocycles. The molecule has 0 fully saturated rings. The molecule has 0 unspecified atom stereocenters. The predicted molar refractivity (Wildman–Crippen MR) is 108 cm³/mol. The van der Waals surface area contributed by atoms with Gasteiger partial charge in [0.1, 0.15) is 11.4 Å². The number of hydrogen-bond acceptors (Lipinski definition) is 4. The molecule has 0 radical (unpaired) electrons. The Hall–Kier alpha value is -3.34. The minimum Gasteiger partial charge on any atom is -0.496 e. The lowest BCUT2D eigenvalue weighted by atomic mass is 10.1. The Kier molecular flexibility index (Phi) is 5.71. The lowest BCUT2D eigenvalue weighted by Crippen LogP contribution is -2.24. The number of para-hydroxylation sites is 2. The van der Waals surface area contributed by atoms with Gasteiger partial charge in [-0.2, -0.15) is 0 Å². The molecule has 1 amide bonds. The Balaban J connectivity index is 1.65. The number of rotatable bonds is 6. The molecule has 5 nitrogen and oxygen atoms in total. The maximum atomic E-state index is 12.4. The highest BCUT2D eigenvalue weighted by Crippen LogP contribution is 2.24. The number of anilines is 2. The van der Waals surface area contributed by atoms with Crippen LogP contribution in [0.2, 0.25) is 0 Å². The second-order valence-electron chi connectivity index (χ2n) is 6.32. The van der Waals surface area contributed by atoms with Crippen molar-refractivity contribution in [1.82, 2.24) is 10.3 Å². The standard InChI is InChI=1S/C22H23N3O2/c1-15-7-6-8-16(2)21(15)25-18-11-12-19(23-14-18)22(26)24-13-17-9-4-5-10-20(17)27-3/h4-12,14,25H,13H2,1-3H3,(H,24,26). The highest BCUT2D eigenvalue weighted by molar-refractivity contribution is 5.92.